The molecule has 1 aromatic carbocycles. The van der Waals surface area contributed by atoms with Gasteiger partial charge in [0, 0.05) is 6.54 Å². The second-order valence-electron chi connectivity index (χ2n) is 5.03. The normalized spacial score (nSPS) is 12.4. The molecule has 108 valence electrons. The molecule has 1 N–H and O–H groups in total. The molecule has 4 heteroatoms. The summed E-state index contributed by atoms with van der Waals surface area (Å²) in [6.07, 6.45) is 1.90. The Morgan fingerprint density at radius 2 is 1.95 bits per heavy atom. The van der Waals surface area contributed by atoms with Gasteiger partial charge in [-0.1, -0.05) is 25.1 Å². The van der Waals surface area contributed by atoms with Gasteiger partial charge in [0.15, 0.2) is 5.75 Å². The lowest BCUT2D eigenvalue weighted by Crippen LogP contribution is -2.13. The van der Waals surface area contributed by atoms with E-state index in [2.05, 4.69) is 12.0 Å². The summed E-state index contributed by atoms with van der Waals surface area (Å²) in [5.41, 5.74) is 3.81. The van der Waals surface area contributed by atoms with Crippen molar-refractivity contribution in [3.63, 3.8) is 0 Å². The van der Waals surface area contributed by atoms with Gasteiger partial charge in [-0.05, 0) is 37.0 Å². The van der Waals surface area contributed by atoms with Crippen molar-refractivity contribution < 1.29 is 9.84 Å². The summed E-state index contributed by atoms with van der Waals surface area (Å²) in [7, 11) is 1.61. The first kappa shape index (κ1) is 14.6. The van der Waals surface area contributed by atoms with Gasteiger partial charge in [0.25, 0.3) is 0 Å². The molecule has 0 saturated heterocycles. The predicted octanol–water partition coefficient (Wildman–Crippen LogP) is 3.00. The third kappa shape index (κ3) is 2.56. The Labute approximate surface area is 120 Å². The molecule has 1 unspecified atom stereocenters. The first-order chi connectivity index (χ1) is 9.60. The molecule has 1 heterocycles. The Morgan fingerprint density at radius 1 is 1.30 bits per heavy atom. The van der Waals surface area contributed by atoms with Gasteiger partial charge in [0.05, 0.1) is 13.3 Å². The average Bonchev–Trinajstić information content (AvgIpc) is 2.81. The fourth-order valence-electron chi connectivity index (χ4n) is 2.60. The molecular weight excluding hydrogens is 252 g/mol. The minimum atomic E-state index is -0.722. The molecule has 0 fully saturated rings. The van der Waals surface area contributed by atoms with Crippen LogP contribution in [-0.2, 0) is 6.54 Å². The summed E-state index contributed by atoms with van der Waals surface area (Å²) in [6.45, 7) is 6.88. The number of aromatic nitrogens is 2. The lowest BCUT2D eigenvalue weighted by molar-refractivity contribution is 0.200. The zero-order chi connectivity index (χ0) is 14.7. The molecule has 20 heavy (non-hydrogen) atoms. The van der Waals surface area contributed by atoms with Gasteiger partial charge in [-0.2, -0.15) is 5.10 Å². The SMILES string of the molecule is CCCn1ncc(OC)c1C(O)c1c(C)cccc1C. The lowest BCUT2D eigenvalue weighted by atomic mass is 9.96. The van der Waals surface area contributed by atoms with Crippen LogP contribution < -0.4 is 4.74 Å². The first-order valence-corrected chi connectivity index (χ1v) is 6.94. The van der Waals surface area contributed by atoms with Crippen LogP contribution in [0.3, 0.4) is 0 Å². The van der Waals surface area contributed by atoms with Crippen molar-refractivity contribution in [2.45, 2.75) is 39.8 Å². The Balaban J connectivity index is 2.52. The summed E-state index contributed by atoms with van der Waals surface area (Å²) in [5, 5.41) is 15.1. The molecule has 1 atom stereocenters. The van der Waals surface area contributed by atoms with Gasteiger partial charge >= 0.3 is 0 Å². The van der Waals surface area contributed by atoms with Gasteiger partial charge in [-0.25, -0.2) is 0 Å². The smallest absolute Gasteiger partial charge is 0.163 e. The fraction of sp³-hybridized carbons (Fsp3) is 0.438. The molecule has 0 bridgehead atoms. The van der Waals surface area contributed by atoms with Crippen LogP contribution in [0.2, 0.25) is 0 Å². The maximum absolute atomic E-state index is 10.8. The molecule has 4 nitrogen and oxygen atoms in total. The molecule has 0 amide bonds. The van der Waals surface area contributed by atoms with Crippen molar-refractivity contribution in [1.82, 2.24) is 9.78 Å². The molecule has 0 spiro atoms. The monoisotopic (exact) mass is 274 g/mol. The highest BCUT2D eigenvalue weighted by Crippen LogP contribution is 2.33. The van der Waals surface area contributed by atoms with Crippen LogP contribution in [0.4, 0.5) is 0 Å². The van der Waals surface area contributed by atoms with Gasteiger partial charge in [-0.3, -0.25) is 4.68 Å². The molecule has 0 aliphatic heterocycles. The number of aliphatic hydroxyl groups is 1. The Hall–Kier alpha value is -1.81. The summed E-state index contributed by atoms with van der Waals surface area (Å²) in [6, 6.07) is 6.03. The van der Waals surface area contributed by atoms with Crippen molar-refractivity contribution in [3.05, 3.63) is 46.8 Å². The number of benzene rings is 1. The third-order valence-corrected chi connectivity index (χ3v) is 3.57. The van der Waals surface area contributed by atoms with E-state index in [4.69, 9.17) is 4.74 Å². The number of hydrogen-bond acceptors (Lipinski definition) is 3. The number of aryl methyl sites for hydroxylation is 3. The van der Waals surface area contributed by atoms with E-state index in [0.29, 0.717) is 5.75 Å². The van der Waals surface area contributed by atoms with Crippen molar-refractivity contribution in [2.75, 3.05) is 7.11 Å². The second-order valence-corrected chi connectivity index (χ2v) is 5.03. The first-order valence-electron chi connectivity index (χ1n) is 6.94. The largest absolute Gasteiger partial charge is 0.493 e. The van der Waals surface area contributed by atoms with Crippen LogP contribution in [0, 0.1) is 13.8 Å². The van der Waals surface area contributed by atoms with E-state index < -0.39 is 6.10 Å². The highest BCUT2D eigenvalue weighted by molar-refractivity contribution is 5.42. The molecule has 0 radical (unpaired) electrons. The maximum Gasteiger partial charge on any atom is 0.163 e. The van der Waals surface area contributed by atoms with E-state index in [1.807, 2.05) is 36.7 Å². The van der Waals surface area contributed by atoms with Crippen LogP contribution >= 0.6 is 0 Å². The minimum Gasteiger partial charge on any atom is -0.493 e. The topological polar surface area (TPSA) is 47.3 Å². The minimum absolute atomic E-state index is 0.633. The van der Waals surface area contributed by atoms with Crippen molar-refractivity contribution in [1.29, 1.82) is 0 Å². The van der Waals surface area contributed by atoms with Gasteiger partial charge in [0.2, 0.25) is 0 Å². The van der Waals surface area contributed by atoms with Gasteiger partial charge in [-0.15, -0.1) is 0 Å². The third-order valence-electron chi connectivity index (χ3n) is 3.57. The van der Waals surface area contributed by atoms with E-state index in [0.717, 1.165) is 35.3 Å². The van der Waals surface area contributed by atoms with Crippen molar-refractivity contribution >= 4 is 0 Å². The summed E-state index contributed by atoms with van der Waals surface area (Å²) >= 11 is 0. The number of ether oxygens (including phenoxy) is 1. The maximum atomic E-state index is 10.8. The summed E-state index contributed by atoms with van der Waals surface area (Å²) in [5.74, 6) is 0.633. The second kappa shape index (κ2) is 6.09. The molecular formula is C16H22N2O2. The van der Waals surface area contributed by atoms with E-state index in [1.165, 1.54) is 0 Å². The summed E-state index contributed by atoms with van der Waals surface area (Å²) in [4.78, 5) is 0. The standard InChI is InChI=1S/C16H22N2O2/c1-5-9-18-15(13(20-4)10-17-18)16(19)14-11(2)7-6-8-12(14)3/h6-8,10,16,19H,5,9H2,1-4H3. The van der Waals surface area contributed by atoms with Crippen LogP contribution in [0.15, 0.2) is 24.4 Å². The van der Waals surface area contributed by atoms with Crippen LogP contribution in [0.5, 0.6) is 5.75 Å². The lowest BCUT2D eigenvalue weighted by Gasteiger charge is -2.19. The zero-order valence-electron chi connectivity index (χ0n) is 12.6. The number of aliphatic hydroxyl groups excluding tert-OH is 1. The van der Waals surface area contributed by atoms with Gasteiger partial charge < -0.3 is 9.84 Å². The average molecular weight is 274 g/mol. The van der Waals surface area contributed by atoms with Crippen molar-refractivity contribution in [3.8, 4) is 5.75 Å². The number of nitrogens with zero attached hydrogens (tertiary/aromatic N) is 2. The molecule has 2 aromatic rings. The molecule has 2 rings (SSSR count). The van der Waals surface area contributed by atoms with E-state index in [9.17, 15) is 5.11 Å². The summed E-state index contributed by atoms with van der Waals surface area (Å²) < 4.78 is 7.18. The highest BCUT2D eigenvalue weighted by atomic mass is 16.5. The van der Waals surface area contributed by atoms with E-state index in [-0.39, 0.29) is 0 Å². The van der Waals surface area contributed by atoms with Crippen LogP contribution in [-0.4, -0.2) is 22.0 Å². The number of rotatable bonds is 5. The molecule has 0 aliphatic rings. The zero-order valence-corrected chi connectivity index (χ0v) is 12.6. The predicted molar refractivity (Wildman–Crippen MR) is 79.0 cm³/mol. The van der Waals surface area contributed by atoms with Crippen molar-refractivity contribution in [2.24, 2.45) is 0 Å². The Morgan fingerprint density at radius 3 is 2.50 bits per heavy atom. The highest BCUT2D eigenvalue weighted by Gasteiger charge is 2.23. The quantitative estimate of drug-likeness (QED) is 0.911. The van der Waals surface area contributed by atoms with E-state index in [1.54, 1.807) is 13.3 Å². The van der Waals surface area contributed by atoms with Crippen LogP contribution in [0.25, 0.3) is 0 Å². The Bertz CT molecular complexity index is 570. The van der Waals surface area contributed by atoms with Gasteiger partial charge in [0.1, 0.15) is 11.8 Å². The number of hydrogen-bond donors (Lipinski definition) is 1. The fourth-order valence-corrected chi connectivity index (χ4v) is 2.60. The number of methoxy groups -OCH3 is 1. The molecule has 0 saturated carbocycles. The molecule has 1 aromatic heterocycles. The van der Waals surface area contributed by atoms with Crippen LogP contribution in [0.1, 0.15) is 41.8 Å². The molecule has 0 aliphatic carbocycles. The van der Waals surface area contributed by atoms with E-state index >= 15 is 0 Å². The Kier molecular flexibility index (Phi) is 4.45.